The number of carbonyl (C=O) groups excluding carboxylic acids is 1. The second-order valence-corrected chi connectivity index (χ2v) is 10.5. The van der Waals surface area contributed by atoms with E-state index in [-0.39, 0.29) is 6.09 Å². The monoisotopic (exact) mass is 426 g/mol. The minimum Gasteiger partial charge on any atom is -0.444 e. The summed E-state index contributed by atoms with van der Waals surface area (Å²) in [6, 6.07) is 16.2. The van der Waals surface area contributed by atoms with Gasteiger partial charge in [-0.25, -0.2) is 9.00 Å². The van der Waals surface area contributed by atoms with E-state index >= 15 is 0 Å². The van der Waals surface area contributed by atoms with Crippen molar-refractivity contribution in [2.45, 2.75) is 61.5 Å². The van der Waals surface area contributed by atoms with Crippen LogP contribution in [0.25, 0.3) is 0 Å². The molecule has 0 saturated carbocycles. The van der Waals surface area contributed by atoms with Crippen molar-refractivity contribution in [3.63, 3.8) is 0 Å². The summed E-state index contributed by atoms with van der Waals surface area (Å²) in [6.07, 6.45) is 2.95. The van der Waals surface area contributed by atoms with E-state index < -0.39 is 16.4 Å². The van der Waals surface area contributed by atoms with Crippen LogP contribution in [0.3, 0.4) is 0 Å². The van der Waals surface area contributed by atoms with Gasteiger partial charge in [-0.2, -0.15) is 0 Å². The maximum absolute atomic E-state index is 12.9. The number of aryl methyl sites for hydroxylation is 1. The van der Waals surface area contributed by atoms with Gasteiger partial charge in [-0.1, -0.05) is 24.3 Å². The number of amides is 1. The van der Waals surface area contributed by atoms with E-state index in [2.05, 4.69) is 17.0 Å². The summed E-state index contributed by atoms with van der Waals surface area (Å²) in [5, 5.41) is 0. The number of nitrogens with zero attached hydrogens (tertiary/aromatic N) is 2. The van der Waals surface area contributed by atoms with Gasteiger partial charge in [0.25, 0.3) is 0 Å². The lowest BCUT2D eigenvalue weighted by Gasteiger charge is -2.33. The molecule has 0 N–H and O–H groups in total. The van der Waals surface area contributed by atoms with Gasteiger partial charge in [0.1, 0.15) is 5.60 Å². The van der Waals surface area contributed by atoms with Gasteiger partial charge in [-0.15, -0.1) is 0 Å². The SMILES string of the molecule is CC(C)(C)OC(=O)N1CCN(C2CCCc3cc(S(=O)c4ccccc4)ccc32)C1. The maximum atomic E-state index is 12.9. The Hall–Kier alpha value is -2.18. The molecule has 2 aromatic carbocycles. The number of hydrogen-bond acceptors (Lipinski definition) is 4. The van der Waals surface area contributed by atoms with Crippen molar-refractivity contribution in [3.8, 4) is 0 Å². The third kappa shape index (κ3) is 4.60. The molecule has 2 aromatic rings. The number of ether oxygens (including phenoxy) is 1. The minimum atomic E-state index is -1.16. The van der Waals surface area contributed by atoms with Crippen LogP contribution in [0.1, 0.15) is 50.8 Å². The highest BCUT2D eigenvalue weighted by Crippen LogP contribution is 2.37. The number of fused-ring (bicyclic) bond motifs is 1. The zero-order chi connectivity index (χ0) is 21.3. The third-order valence-corrected chi connectivity index (χ3v) is 7.05. The zero-order valence-corrected chi connectivity index (χ0v) is 18.8. The first-order valence-electron chi connectivity index (χ1n) is 10.6. The summed E-state index contributed by atoms with van der Waals surface area (Å²) in [6.45, 7) is 7.82. The average molecular weight is 427 g/mol. The lowest BCUT2D eigenvalue weighted by Crippen LogP contribution is -2.37. The quantitative estimate of drug-likeness (QED) is 0.711. The fourth-order valence-electron chi connectivity index (χ4n) is 4.28. The van der Waals surface area contributed by atoms with Crippen LogP contribution in [0.15, 0.2) is 58.3 Å². The summed E-state index contributed by atoms with van der Waals surface area (Å²) in [7, 11) is -1.16. The van der Waals surface area contributed by atoms with Gasteiger partial charge in [-0.05, 0) is 75.4 Å². The van der Waals surface area contributed by atoms with E-state index in [1.54, 1.807) is 4.90 Å². The first-order valence-corrected chi connectivity index (χ1v) is 11.8. The second kappa shape index (κ2) is 8.52. The van der Waals surface area contributed by atoms with Gasteiger partial charge >= 0.3 is 6.09 Å². The zero-order valence-electron chi connectivity index (χ0n) is 18.0. The highest BCUT2D eigenvalue weighted by atomic mass is 32.2. The van der Waals surface area contributed by atoms with E-state index in [9.17, 15) is 9.00 Å². The Balaban J connectivity index is 1.50. The molecule has 160 valence electrons. The van der Waals surface area contributed by atoms with Crippen LogP contribution < -0.4 is 0 Å². The predicted molar refractivity (Wildman–Crippen MR) is 118 cm³/mol. The van der Waals surface area contributed by atoms with Gasteiger partial charge in [-0.3, -0.25) is 9.80 Å². The lowest BCUT2D eigenvalue weighted by atomic mass is 9.87. The number of rotatable bonds is 3. The fraction of sp³-hybridized carbons (Fsp3) is 0.458. The Bertz CT molecular complexity index is 939. The van der Waals surface area contributed by atoms with Crippen LogP contribution in [0.5, 0.6) is 0 Å². The molecule has 2 atom stereocenters. The van der Waals surface area contributed by atoms with Crippen LogP contribution >= 0.6 is 0 Å². The fourth-order valence-corrected chi connectivity index (χ4v) is 5.40. The molecule has 2 aliphatic rings. The van der Waals surface area contributed by atoms with E-state index in [0.29, 0.717) is 19.3 Å². The molecule has 2 unspecified atom stereocenters. The molecule has 30 heavy (non-hydrogen) atoms. The molecule has 1 fully saturated rings. The average Bonchev–Trinajstić information content (AvgIpc) is 3.22. The Kier molecular flexibility index (Phi) is 5.98. The molecule has 0 aromatic heterocycles. The van der Waals surface area contributed by atoms with Crippen LogP contribution in [0, 0.1) is 0 Å². The topological polar surface area (TPSA) is 49.9 Å². The summed E-state index contributed by atoms with van der Waals surface area (Å²) in [5.41, 5.74) is 2.11. The molecule has 0 bridgehead atoms. The highest BCUT2D eigenvalue weighted by Gasteiger charge is 2.34. The summed E-state index contributed by atoms with van der Waals surface area (Å²) in [4.78, 5) is 18.3. The van der Waals surface area contributed by atoms with Gasteiger partial charge in [0.2, 0.25) is 0 Å². The van der Waals surface area contributed by atoms with Crippen LogP contribution in [0.4, 0.5) is 4.79 Å². The maximum Gasteiger partial charge on any atom is 0.411 e. The lowest BCUT2D eigenvalue weighted by molar-refractivity contribution is 0.0249. The molecule has 0 spiro atoms. The Morgan fingerprint density at radius 3 is 2.57 bits per heavy atom. The largest absolute Gasteiger partial charge is 0.444 e. The van der Waals surface area contributed by atoms with Crippen molar-refractivity contribution in [2.75, 3.05) is 19.8 Å². The molecular formula is C24H30N2O3S. The summed E-state index contributed by atoms with van der Waals surface area (Å²) in [5.74, 6) is 0. The molecule has 4 rings (SSSR count). The first kappa shape index (κ1) is 21.1. The molecule has 1 aliphatic carbocycles. The van der Waals surface area contributed by atoms with Crippen molar-refractivity contribution in [2.24, 2.45) is 0 Å². The Morgan fingerprint density at radius 1 is 1.07 bits per heavy atom. The van der Waals surface area contributed by atoms with Crippen molar-refractivity contribution in [1.82, 2.24) is 9.80 Å². The van der Waals surface area contributed by atoms with Crippen molar-refractivity contribution < 1.29 is 13.7 Å². The van der Waals surface area contributed by atoms with E-state index in [4.69, 9.17) is 4.74 Å². The normalized spacial score (nSPS) is 20.6. The molecule has 1 saturated heterocycles. The van der Waals surface area contributed by atoms with E-state index in [0.717, 1.165) is 35.6 Å². The van der Waals surface area contributed by atoms with Crippen molar-refractivity contribution in [1.29, 1.82) is 0 Å². The van der Waals surface area contributed by atoms with Gasteiger partial charge in [0, 0.05) is 28.9 Å². The number of hydrogen-bond donors (Lipinski definition) is 0. The van der Waals surface area contributed by atoms with Crippen molar-refractivity contribution >= 4 is 16.9 Å². The smallest absolute Gasteiger partial charge is 0.411 e. The molecule has 5 nitrogen and oxygen atoms in total. The minimum absolute atomic E-state index is 0.241. The van der Waals surface area contributed by atoms with E-state index in [1.165, 1.54) is 11.1 Å². The molecule has 0 radical (unpaired) electrons. The second-order valence-electron chi connectivity index (χ2n) is 9.05. The molecule has 1 amide bonds. The van der Waals surface area contributed by atoms with Crippen LogP contribution in [-0.4, -0.2) is 45.5 Å². The molecule has 1 heterocycles. The molecule has 6 heteroatoms. The van der Waals surface area contributed by atoms with Crippen molar-refractivity contribution in [3.05, 3.63) is 59.7 Å². The summed E-state index contributed by atoms with van der Waals surface area (Å²) < 4.78 is 18.5. The van der Waals surface area contributed by atoms with Gasteiger partial charge in [0.15, 0.2) is 0 Å². The Labute approximate surface area is 181 Å². The highest BCUT2D eigenvalue weighted by molar-refractivity contribution is 7.85. The van der Waals surface area contributed by atoms with E-state index in [1.807, 2.05) is 57.2 Å². The van der Waals surface area contributed by atoms with Crippen LogP contribution in [-0.2, 0) is 22.0 Å². The number of benzene rings is 2. The first-order chi connectivity index (χ1) is 14.3. The van der Waals surface area contributed by atoms with Gasteiger partial charge < -0.3 is 4.74 Å². The Morgan fingerprint density at radius 2 is 1.83 bits per heavy atom. The standard InChI is InChI=1S/C24H30N2O3S/c1-24(2,3)29-23(27)26-15-14-25(17-26)22-11-7-8-18-16-20(12-13-21(18)22)30(28)19-9-5-4-6-10-19/h4-6,9-10,12-13,16,22H,7-8,11,14-15,17H2,1-3H3. The third-order valence-electron chi connectivity index (χ3n) is 5.67. The van der Waals surface area contributed by atoms with Crippen LogP contribution in [0.2, 0.25) is 0 Å². The van der Waals surface area contributed by atoms with Gasteiger partial charge in [0.05, 0.1) is 17.5 Å². The molecule has 1 aliphatic heterocycles. The number of carbonyl (C=O) groups is 1. The predicted octanol–water partition coefficient (Wildman–Crippen LogP) is 4.74. The summed E-state index contributed by atoms with van der Waals surface area (Å²) >= 11 is 0. The molecular weight excluding hydrogens is 396 g/mol.